The van der Waals surface area contributed by atoms with Crippen LogP contribution in [-0.2, 0) is 4.79 Å². The summed E-state index contributed by atoms with van der Waals surface area (Å²) in [6, 6.07) is 0.597. The number of carbonyl (C=O) groups is 1. The van der Waals surface area contributed by atoms with Gasteiger partial charge in [0.2, 0.25) is 5.91 Å². The first-order valence-corrected chi connectivity index (χ1v) is 8.56. The van der Waals surface area contributed by atoms with E-state index in [0.29, 0.717) is 23.8 Å². The molecule has 0 aromatic rings. The van der Waals surface area contributed by atoms with Crippen molar-refractivity contribution < 1.29 is 9.90 Å². The summed E-state index contributed by atoms with van der Waals surface area (Å²) in [7, 11) is 0. The van der Waals surface area contributed by atoms with E-state index in [0.717, 1.165) is 38.1 Å². The Hall–Kier alpha value is -0.570. The Balaban J connectivity index is 1.36. The molecule has 3 nitrogen and oxygen atoms in total. The predicted octanol–water partition coefficient (Wildman–Crippen LogP) is 2.33. The second-order valence-corrected chi connectivity index (χ2v) is 8.80. The minimum Gasteiger partial charge on any atom is -0.390 e. The van der Waals surface area contributed by atoms with Crippen molar-refractivity contribution in [2.45, 2.75) is 69.4 Å². The summed E-state index contributed by atoms with van der Waals surface area (Å²) in [6.07, 6.45) is 9.87. The lowest BCUT2D eigenvalue weighted by atomic mass is 9.47. The van der Waals surface area contributed by atoms with Crippen LogP contribution < -0.4 is 0 Å². The molecule has 4 bridgehead atoms. The summed E-state index contributed by atoms with van der Waals surface area (Å²) in [5.41, 5.74) is -0.264. The van der Waals surface area contributed by atoms with E-state index in [2.05, 4.69) is 4.90 Å². The molecule has 20 heavy (non-hydrogen) atoms. The number of nitrogens with zero attached hydrogens (tertiary/aromatic N) is 1. The van der Waals surface area contributed by atoms with Crippen molar-refractivity contribution in [1.29, 1.82) is 0 Å². The molecular formula is C17H25NO2. The van der Waals surface area contributed by atoms with E-state index >= 15 is 0 Å². The van der Waals surface area contributed by atoms with Gasteiger partial charge in [0.15, 0.2) is 0 Å². The van der Waals surface area contributed by atoms with Crippen LogP contribution in [0.2, 0.25) is 0 Å². The SMILES string of the molecule is O=C(CC12CC3CC(CC(O)(C3)C1)C2)N1CCC2CC21. The molecule has 0 aromatic heterocycles. The summed E-state index contributed by atoms with van der Waals surface area (Å²) in [5, 5.41) is 10.8. The van der Waals surface area contributed by atoms with Crippen LogP contribution >= 0.6 is 0 Å². The van der Waals surface area contributed by atoms with E-state index in [1.807, 2.05) is 0 Å². The minimum atomic E-state index is -0.419. The summed E-state index contributed by atoms with van der Waals surface area (Å²) < 4.78 is 0. The van der Waals surface area contributed by atoms with Gasteiger partial charge in [-0.1, -0.05) is 0 Å². The number of amides is 1. The van der Waals surface area contributed by atoms with Gasteiger partial charge in [-0.25, -0.2) is 0 Å². The number of hydrogen-bond donors (Lipinski definition) is 1. The number of rotatable bonds is 2. The van der Waals surface area contributed by atoms with Gasteiger partial charge in [-0.15, -0.1) is 0 Å². The van der Waals surface area contributed by atoms with Gasteiger partial charge in [-0.3, -0.25) is 4.79 Å². The second kappa shape index (κ2) is 3.60. The van der Waals surface area contributed by atoms with Crippen molar-refractivity contribution in [2.75, 3.05) is 6.54 Å². The van der Waals surface area contributed by atoms with Crippen LogP contribution in [0.3, 0.4) is 0 Å². The van der Waals surface area contributed by atoms with Crippen molar-refractivity contribution in [3.8, 4) is 0 Å². The Morgan fingerprint density at radius 2 is 1.90 bits per heavy atom. The average Bonchev–Trinajstić information content (AvgIpc) is 2.96. The summed E-state index contributed by atoms with van der Waals surface area (Å²) in [4.78, 5) is 14.9. The minimum absolute atomic E-state index is 0.156. The van der Waals surface area contributed by atoms with Gasteiger partial charge in [0, 0.05) is 19.0 Å². The highest BCUT2D eigenvalue weighted by Crippen LogP contribution is 2.63. The highest BCUT2D eigenvalue weighted by Gasteiger charge is 2.58. The van der Waals surface area contributed by atoms with Crippen LogP contribution in [0, 0.1) is 23.2 Å². The third-order valence-corrected chi connectivity index (χ3v) is 7.02. The molecule has 110 valence electrons. The normalized spacial score (nSPS) is 55.1. The zero-order valence-electron chi connectivity index (χ0n) is 12.2. The maximum Gasteiger partial charge on any atom is 0.223 e. The zero-order chi connectivity index (χ0) is 13.5. The second-order valence-electron chi connectivity index (χ2n) is 8.80. The van der Waals surface area contributed by atoms with Gasteiger partial charge in [0.1, 0.15) is 0 Å². The van der Waals surface area contributed by atoms with Gasteiger partial charge in [0.05, 0.1) is 5.60 Å². The van der Waals surface area contributed by atoms with E-state index in [1.54, 1.807) is 0 Å². The maximum absolute atomic E-state index is 12.7. The molecule has 5 saturated carbocycles. The molecule has 6 aliphatic rings. The van der Waals surface area contributed by atoms with Gasteiger partial charge in [0.25, 0.3) is 0 Å². The Labute approximate surface area is 120 Å². The number of piperidine rings is 1. The van der Waals surface area contributed by atoms with Crippen molar-refractivity contribution in [3.63, 3.8) is 0 Å². The van der Waals surface area contributed by atoms with E-state index in [-0.39, 0.29) is 5.41 Å². The van der Waals surface area contributed by atoms with Crippen molar-refractivity contribution in [3.05, 3.63) is 0 Å². The van der Waals surface area contributed by atoms with Crippen molar-refractivity contribution in [2.24, 2.45) is 23.2 Å². The fourth-order valence-electron chi connectivity index (χ4n) is 6.74. The Kier molecular flexibility index (Phi) is 2.16. The van der Waals surface area contributed by atoms with Crippen LogP contribution in [0.1, 0.15) is 57.8 Å². The van der Waals surface area contributed by atoms with Gasteiger partial charge in [-0.2, -0.15) is 0 Å². The average molecular weight is 275 g/mol. The Morgan fingerprint density at radius 1 is 1.15 bits per heavy atom. The smallest absolute Gasteiger partial charge is 0.223 e. The first kappa shape index (κ1) is 12.0. The third kappa shape index (κ3) is 1.65. The largest absolute Gasteiger partial charge is 0.390 e. The molecule has 1 saturated heterocycles. The lowest BCUT2D eigenvalue weighted by molar-refractivity contribution is -0.172. The van der Waals surface area contributed by atoms with Crippen molar-refractivity contribution >= 4 is 5.91 Å². The van der Waals surface area contributed by atoms with Crippen LogP contribution in [0.4, 0.5) is 0 Å². The molecule has 5 aliphatic carbocycles. The zero-order valence-corrected chi connectivity index (χ0v) is 12.2. The maximum atomic E-state index is 12.7. The van der Waals surface area contributed by atoms with E-state index in [4.69, 9.17) is 0 Å². The molecule has 1 amide bonds. The number of likely N-dealkylation sites (tertiary alicyclic amines) is 1. The molecule has 6 fully saturated rings. The molecule has 4 unspecified atom stereocenters. The third-order valence-electron chi connectivity index (χ3n) is 7.02. The fraction of sp³-hybridized carbons (Fsp3) is 0.941. The van der Waals surface area contributed by atoms with E-state index in [9.17, 15) is 9.90 Å². The molecular weight excluding hydrogens is 250 g/mol. The fourth-order valence-corrected chi connectivity index (χ4v) is 6.74. The molecule has 0 radical (unpaired) electrons. The topological polar surface area (TPSA) is 40.5 Å². The molecule has 1 aliphatic heterocycles. The number of hydrogen-bond acceptors (Lipinski definition) is 2. The number of carbonyl (C=O) groups excluding carboxylic acids is 1. The molecule has 4 atom stereocenters. The molecule has 1 heterocycles. The predicted molar refractivity (Wildman–Crippen MR) is 74.9 cm³/mol. The summed E-state index contributed by atoms with van der Waals surface area (Å²) in [6.45, 7) is 1.00. The standard InChI is InChI=1S/C17H25NO2/c19-15(18-2-1-13-4-14(13)18)9-16-5-11-3-12(6-16)8-17(20,7-11)10-16/h11-14,20H,1-10H2. The molecule has 3 heteroatoms. The Morgan fingerprint density at radius 3 is 2.45 bits per heavy atom. The molecule has 0 spiro atoms. The van der Waals surface area contributed by atoms with Crippen LogP contribution in [0.15, 0.2) is 0 Å². The van der Waals surface area contributed by atoms with E-state index < -0.39 is 5.60 Å². The highest BCUT2D eigenvalue weighted by molar-refractivity contribution is 5.78. The van der Waals surface area contributed by atoms with Crippen molar-refractivity contribution in [1.82, 2.24) is 4.90 Å². The van der Waals surface area contributed by atoms with Crippen LogP contribution in [0.25, 0.3) is 0 Å². The summed E-state index contributed by atoms with van der Waals surface area (Å²) >= 11 is 0. The van der Waals surface area contributed by atoms with Crippen LogP contribution in [-0.4, -0.2) is 34.1 Å². The quantitative estimate of drug-likeness (QED) is 0.840. The highest BCUT2D eigenvalue weighted by atomic mass is 16.3. The monoisotopic (exact) mass is 275 g/mol. The number of aliphatic hydroxyl groups is 1. The number of fused-ring (bicyclic) bond motifs is 1. The summed E-state index contributed by atoms with van der Waals surface area (Å²) in [5.74, 6) is 2.63. The lowest BCUT2D eigenvalue weighted by Crippen LogP contribution is -2.56. The van der Waals surface area contributed by atoms with Gasteiger partial charge >= 0.3 is 0 Å². The van der Waals surface area contributed by atoms with Crippen LogP contribution in [0.5, 0.6) is 0 Å². The first-order valence-electron chi connectivity index (χ1n) is 8.56. The van der Waals surface area contributed by atoms with E-state index in [1.165, 1.54) is 32.1 Å². The van der Waals surface area contributed by atoms with Gasteiger partial charge < -0.3 is 10.0 Å². The molecule has 1 N–H and O–H groups in total. The molecule has 6 rings (SSSR count). The molecule has 0 aromatic carbocycles. The lowest BCUT2D eigenvalue weighted by Gasteiger charge is -2.60. The Bertz CT molecular complexity index is 460. The van der Waals surface area contributed by atoms with Gasteiger partial charge in [-0.05, 0) is 74.5 Å². The first-order chi connectivity index (χ1) is 9.54.